The largest absolute Gasteiger partial charge is 0.472 e. The van der Waals surface area contributed by atoms with Crippen LogP contribution in [0, 0.1) is 0 Å². The van der Waals surface area contributed by atoms with Gasteiger partial charge in [-0.3, -0.25) is 0 Å². The molecule has 2 heterocycles. The van der Waals surface area contributed by atoms with Gasteiger partial charge in [0, 0.05) is 16.2 Å². The molecule has 0 spiro atoms. The third-order valence-electron chi connectivity index (χ3n) is 1.51. The van der Waals surface area contributed by atoms with E-state index >= 15 is 0 Å². The maximum atomic E-state index is 4.97. The number of allylic oxidation sites excluding steroid dienone is 1. The van der Waals surface area contributed by atoms with Crippen LogP contribution in [0.1, 0.15) is 12.0 Å². The summed E-state index contributed by atoms with van der Waals surface area (Å²) in [6.45, 7) is 0. The van der Waals surface area contributed by atoms with Gasteiger partial charge in [-0.05, 0) is 12.5 Å². The summed E-state index contributed by atoms with van der Waals surface area (Å²) < 4.78 is 4.97. The highest BCUT2D eigenvalue weighted by Gasteiger charge is 2.07. The van der Waals surface area contributed by atoms with Gasteiger partial charge in [-0.1, -0.05) is 6.08 Å². The molecule has 1 aromatic rings. The molecule has 0 saturated heterocycles. The Hall–Kier alpha value is -0.630. The van der Waals surface area contributed by atoms with E-state index in [1.54, 1.807) is 12.5 Å². The molecule has 0 amide bonds. The molecule has 0 atom stereocenters. The van der Waals surface area contributed by atoms with Crippen LogP contribution in [0.5, 0.6) is 0 Å². The van der Waals surface area contributed by atoms with E-state index < -0.39 is 0 Å². The molecule has 1 aliphatic rings. The van der Waals surface area contributed by atoms with Gasteiger partial charge in [-0.2, -0.15) is 0 Å². The molecule has 0 fully saturated rings. The van der Waals surface area contributed by atoms with E-state index in [1.807, 2.05) is 17.8 Å². The molecular weight excluding hydrogens is 144 g/mol. The minimum Gasteiger partial charge on any atom is -0.472 e. The highest BCUT2D eigenvalue weighted by molar-refractivity contribution is 8.08. The fourth-order valence-electron chi connectivity index (χ4n) is 1.02. The quantitative estimate of drug-likeness (QED) is 0.613. The Morgan fingerprint density at radius 1 is 1.50 bits per heavy atom. The molecular formula is C8H8OS. The fraction of sp³-hybridized carbons (Fsp3) is 0.250. The minimum atomic E-state index is 1.20. The second-order valence-corrected chi connectivity index (χ2v) is 3.35. The zero-order valence-electron chi connectivity index (χ0n) is 5.54. The van der Waals surface area contributed by atoms with Crippen molar-refractivity contribution in [1.82, 2.24) is 0 Å². The summed E-state index contributed by atoms with van der Waals surface area (Å²) in [5, 5.41) is 0. The predicted octanol–water partition coefficient (Wildman–Crippen LogP) is 2.76. The monoisotopic (exact) mass is 152 g/mol. The van der Waals surface area contributed by atoms with Gasteiger partial charge >= 0.3 is 0 Å². The Morgan fingerprint density at radius 2 is 2.50 bits per heavy atom. The van der Waals surface area contributed by atoms with E-state index in [1.165, 1.54) is 22.6 Å². The molecule has 0 bridgehead atoms. The zero-order chi connectivity index (χ0) is 6.81. The molecule has 1 nitrogen and oxygen atoms in total. The van der Waals surface area contributed by atoms with Crippen LogP contribution in [0.3, 0.4) is 0 Å². The number of rotatable bonds is 1. The van der Waals surface area contributed by atoms with Crippen LogP contribution in [0.2, 0.25) is 0 Å². The normalized spacial score (nSPS) is 17.4. The van der Waals surface area contributed by atoms with E-state index in [-0.39, 0.29) is 0 Å². The first kappa shape index (κ1) is 6.10. The third kappa shape index (κ3) is 0.991. The van der Waals surface area contributed by atoms with Crippen LogP contribution in [-0.4, -0.2) is 5.75 Å². The second-order valence-electron chi connectivity index (χ2n) is 2.22. The average Bonchev–Trinajstić information content (AvgIpc) is 2.59. The third-order valence-corrected chi connectivity index (χ3v) is 2.66. The smallest absolute Gasteiger partial charge is 0.0986 e. The average molecular weight is 152 g/mol. The molecule has 1 aliphatic heterocycles. The number of furan rings is 1. The molecule has 1 aromatic heterocycles. The molecule has 0 radical (unpaired) electrons. The second kappa shape index (κ2) is 2.54. The zero-order valence-corrected chi connectivity index (χ0v) is 6.36. The van der Waals surface area contributed by atoms with Crippen LogP contribution < -0.4 is 0 Å². The summed E-state index contributed by atoms with van der Waals surface area (Å²) in [5.74, 6) is 1.22. The van der Waals surface area contributed by atoms with Gasteiger partial charge in [0.15, 0.2) is 0 Å². The molecule has 0 unspecified atom stereocenters. The molecule has 10 heavy (non-hydrogen) atoms. The lowest BCUT2D eigenvalue weighted by molar-refractivity contribution is 0.566. The summed E-state index contributed by atoms with van der Waals surface area (Å²) in [5.41, 5.74) is 1.22. The topological polar surface area (TPSA) is 13.1 Å². The number of thioether (sulfide) groups is 1. The molecule has 0 aromatic carbocycles. The van der Waals surface area contributed by atoms with Gasteiger partial charge < -0.3 is 4.42 Å². The highest BCUT2D eigenvalue weighted by atomic mass is 32.2. The standard InChI is InChI=1S/C8H8OS/c1-2-8(10-5-1)7-3-4-9-6-7/h2-4,6H,1,5H2. The van der Waals surface area contributed by atoms with Crippen LogP contribution >= 0.6 is 11.8 Å². The van der Waals surface area contributed by atoms with Crippen molar-refractivity contribution in [3.05, 3.63) is 30.2 Å². The van der Waals surface area contributed by atoms with Crippen molar-refractivity contribution in [1.29, 1.82) is 0 Å². The molecule has 2 rings (SSSR count). The lowest BCUT2D eigenvalue weighted by atomic mass is 10.3. The summed E-state index contributed by atoms with van der Waals surface area (Å²) >= 11 is 1.90. The Kier molecular flexibility index (Phi) is 1.55. The Morgan fingerprint density at radius 3 is 3.10 bits per heavy atom. The first-order valence-electron chi connectivity index (χ1n) is 3.32. The molecule has 0 saturated carbocycles. The molecule has 0 N–H and O–H groups in total. The Balaban J connectivity index is 2.28. The first-order valence-corrected chi connectivity index (χ1v) is 4.31. The van der Waals surface area contributed by atoms with Gasteiger partial charge in [0.1, 0.15) is 0 Å². The lowest BCUT2D eigenvalue weighted by Crippen LogP contribution is -1.67. The SMILES string of the molecule is C1=C(c2ccoc2)SCC1. The van der Waals surface area contributed by atoms with Gasteiger partial charge in [-0.15, -0.1) is 11.8 Å². The van der Waals surface area contributed by atoms with Gasteiger partial charge in [0.25, 0.3) is 0 Å². The van der Waals surface area contributed by atoms with E-state index in [4.69, 9.17) is 4.42 Å². The maximum absolute atomic E-state index is 4.97. The van der Waals surface area contributed by atoms with Crippen LogP contribution in [0.4, 0.5) is 0 Å². The van der Waals surface area contributed by atoms with Gasteiger partial charge in [0.2, 0.25) is 0 Å². The van der Waals surface area contributed by atoms with Crippen molar-refractivity contribution in [2.24, 2.45) is 0 Å². The van der Waals surface area contributed by atoms with Crippen LogP contribution in [0.15, 0.2) is 29.1 Å². The van der Waals surface area contributed by atoms with Crippen molar-refractivity contribution in [2.75, 3.05) is 5.75 Å². The van der Waals surface area contributed by atoms with Crippen molar-refractivity contribution in [3.8, 4) is 0 Å². The van der Waals surface area contributed by atoms with E-state index in [0.717, 1.165) is 0 Å². The maximum Gasteiger partial charge on any atom is 0.0986 e. The van der Waals surface area contributed by atoms with Crippen molar-refractivity contribution >= 4 is 16.7 Å². The first-order chi connectivity index (χ1) is 4.97. The molecule has 2 heteroatoms. The molecule has 52 valence electrons. The van der Waals surface area contributed by atoms with E-state index in [2.05, 4.69) is 6.08 Å². The van der Waals surface area contributed by atoms with Gasteiger partial charge in [-0.25, -0.2) is 0 Å². The summed E-state index contributed by atoms with van der Waals surface area (Å²) in [6.07, 6.45) is 6.97. The van der Waals surface area contributed by atoms with E-state index in [9.17, 15) is 0 Å². The van der Waals surface area contributed by atoms with Crippen molar-refractivity contribution < 1.29 is 4.42 Å². The molecule has 0 aliphatic carbocycles. The predicted molar refractivity (Wildman–Crippen MR) is 43.8 cm³/mol. The highest BCUT2D eigenvalue weighted by Crippen LogP contribution is 2.33. The van der Waals surface area contributed by atoms with Crippen molar-refractivity contribution in [2.45, 2.75) is 6.42 Å². The van der Waals surface area contributed by atoms with Crippen LogP contribution in [0.25, 0.3) is 4.91 Å². The lowest BCUT2D eigenvalue weighted by Gasteiger charge is -1.91. The van der Waals surface area contributed by atoms with Crippen molar-refractivity contribution in [3.63, 3.8) is 0 Å². The fourth-order valence-corrected chi connectivity index (χ4v) is 2.00. The Labute approximate surface area is 64.1 Å². The minimum absolute atomic E-state index is 1.20. The summed E-state index contributed by atoms with van der Waals surface area (Å²) in [6, 6.07) is 2.00. The number of hydrogen-bond donors (Lipinski definition) is 0. The van der Waals surface area contributed by atoms with E-state index in [0.29, 0.717) is 0 Å². The van der Waals surface area contributed by atoms with Crippen LogP contribution in [-0.2, 0) is 0 Å². The summed E-state index contributed by atoms with van der Waals surface area (Å²) in [4.78, 5) is 1.37. The van der Waals surface area contributed by atoms with Gasteiger partial charge in [0.05, 0.1) is 12.5 Å². The Bertz CT molecular complexity index is 236. The number of hydrogen-bond acceptors (Lipinski definition) is 2. The summed E-state index contributed by atoms with van der Waals surface area (Å²) in [7, 11) is 0.